The fraction of sp³-hybridized carbons (Fsp3) is 0.375. The van der Waals surface area contributed by atoms with Gasteiger partial charge in [-0.2, -0.15) is 13.8 Å². The van der Waals surface area contributed by atoms with Crippen molar-refractivity contribution in [2.24, 2.45) is 0 Å². The Hall–Kier alpha value is -1.03. The third-order valence-electron chi connectivity index (χ3n) is 1.41. The van der Waals surface area contributed by atoms with Crippen LogP contribution in [0, 0.1) is 11.9 Å². The molecular formula is C8H9F2NO. The minimum Gasteiger partial charge on any atom is -0.393 e. The third-order valence-corrected chi connectivity index (χ3v) is 1.41. The summed E-state index contributed by atoms with van der Waals surface area (Å²) in [5.41, 5.74) is 0.228. The van der Waals surface area contributed by atoms with E-state index in [1.165, 1.54) is 13.0 Å². The summed E-state index contributed by atoms with van der Waals surface area (Å²) in [5, 5.41) is 8.91. The van der Waals surface area contributed by atoms with Crippen LogP contribution in [0.25, 0.3) is 0 Å². The highest BCUT2D eigenvalue weighted by Crippen LogP contribution is 2.07. The highest BCUT2D eigenvalue weighted by Gasteiger charge is 2.07. The Balaban J connectivity index is 2.86. The first-order chi connectivity index (χ1) is 5.59. The van der Waals surface area contributed by atoms with Gasteiger partial charge in [-0.1, -0.05) is 0 Å². The second-order valence-corrected chi connectivity index (χ2v) is 2.64. The van der Waals surface area contributed by atoms with Crippen LogP contribution in [0.2, 0.25) is 0 Å². The molecule has 0 fully saturated rings. The zero-order valence-corrected chi connectivity index (χ0v) is 6.59. The molecule has 0 saturated carbocycles. The summed E-state index contributed by atoms with van der Waals surface area (Å²) in [5.74, 6) is -1.70. The van der Waals surface area contributed by atoms with E-state index in [4.69, 9.17) is 5.11 Å². The topological polar surface area (TPSA) is 33.1 Å². The molecule has 1 aromatic heterocycles. The number of hydrogen-bond donors (Lipinski definition) is 1. The van der Waals surface area contributed by atoms with Crippen molar-refractivity contribution in [3.05, 3.63) is 29.6 Å². The summed E-state index contributed by atoms with van der Waals surface area (Å²) in [4.78, 5) is 2.98. The van der Waals surface area contributed by atoms with Gasteiger partial charge in [0.15, 0.2) is 0 Å². The first-order valence-corrected chi connectivity index (χ1v) is 3.58. The molecule has 1 atom stereocenters. The maximum atomic E-state index is 12.7. The van der Waals surface area contributed by atoms with Gasteiger partial charge in [0.25, 0.3) is 0 Å². The zero-order chi connectivity index (χ0) is 9.14. The first-order valence-electron chi connectivity index (χ1n) is 3.58. The normalized spacial score (nSPS) is 13.0. The molecule has 0 aliphatic heterocycles. The second kappa shape index (κ2) is 3.58. The van der Waals surface area contributed by atoms with Gasteiger partial charge in [-0.15, -0.1) is 0 Å². The number of halogens is 2. The van der Waals surface area contributed by atoms with E-state index in [9.17, 15) is 8.78 Å². The molecule has 0 amide bonds. The summed E-state index contributed by atoms with van der Waals surface area (Å²) in [6, 6.07) is 2.35. The van der Waals surface area contributed by atoms with E-state index in [0.29, 0.717) is 0 Å². The van der Waals surface area contributed by atoms with Gasteiger partial charge in [-0.05, 0) is 19.1 Å². The largest absolute Gasteiger partial charge is 0.393 e. The lowest BCUT2D eigenvalue weighted by Crippen LogP contribution is -2.07. The van der Waals surface area contributed by atoms with Crippen molar-refractivity contribution in [3.63, 3.8) is 0 Å². The van der Waals surface area contributed by atoms with Crippen molar-refractivity contribution >= 4 is 0 Å². The van der Waals surface area contributed by atoms with Gasteiger partial charge in [0.2, 0.25) is 11.9 Å². The van der Waals surface area contributed by atoms with Crippen LogP contribution in [0.5, 0.6) is 0 Å². The third kappa shape index (κ3) is 2.23. The Morgan fingerprint density at radius 1 is 1.50 bits per heavy atom. The Bertz CT molecular complexity index is 276. The summed E-state index contributed by atoms with van der Waals surface area (Å²) < 4.78 is 25.0. The molecule has 66 valence electrons. The van der Waals surface area contributed by atoms with Crippen molar-refractivity contribution in [2.45, 2.75) is 19.4 Å². The van der Waals surface area contributed by atoms with Gasteiger partial charge in [-0.25, -0.2) is 0 Å². The Kier molecular flexibility index (Phi) is 2.70. The lowest BCUT2D eigenvalue weighted by molar-refractivity contribution is 0.193. The lowest BCUT2D eigenvalue weighted by atomic mass is 10.1. The van der Waals surface area contributed by atoms with Crippen LogP contribution in [-0.2, 0) is 6.42 Å². The number of aliphatic hydroxyl groups is 1. The number of aromatic nitrogens is 1. The van der Waals surface area contributed by atoms with Gasteiger partial charge in [0.1, 0.15) is 0 Å². The molecule has 0 aliphatic rings. The quantitative estimate of drug-likeness (QED) is 0.683. The van der Waals surface area contributed by atoms with E-state index in [1.54, 1.807) is 0 Å². The number of nitrogens with zero attached hydrogens (tertiary/aromatic N) is 1. The van der Waals surface area contributed by atoms with E-state index in [0.717, 1.165) is 6.07 Å². The van der Waals surface area contributed by atoms with Gasteiger partial charge in [0.05, 0.1) is 6.10 Å². The number of pyridine rings is 1. The van der Waals surface area contributed by atoms with Crippen molar-refractivity contribution in [3.8, 4) is 0 Å². The monoisotopic (exact) mass is 173 g/mol. The molecule has 0 bridgehead atoms. The highest BCUT2D eigenvalue weighted by atomic mass is 19.1. The average molecular weight is 173 g/mol. The molecule has 1 N–H and O–H groups in total. The maximum absolute atomic E-state index is 12.7. The van der Waals surface area contributed by atoms with Crippen molar-refractivity contribution in [2.75, 3.05) is 0 Å². The Morgan fingerprint density at radius 2 is 2.17 bits per heavy atom. The molecule has 12 heavy (non-hydrogen) atoms. The number of hydrogen-bond acceptors (Lipinski definition) is 2. The summed E-state index contributed by atoms with van der Waals surface area (Å²) in [7, 11) is 0. The van der Waals surface area contributed by atoms with E-state index in [1.807, 2.05) is 0 Å². The van der Waals surface area contributed by atoms with Crippen LogP contribution < -0.4 is 0 Å². The van der Waals surface area contributed by atoms with E-state index >= 15 is 0 Å². The molecule has 0 aliphatic carbocycles. The fourth-order valence-corrected chi connectivity index (χ4v) is 0.911. The second-order valence-electron chi connectivity index (χ2n) is 2.64. The minimum absolute atomic E-state index is 0.152. The number of aliphatic hydroxyl groups excluding tert-OH is 1. The molecule has 1 heterocycles. The molecule has 0 spiro atoms. The first kappa shape index (κ1) is 9.06. The number of rotatable bonds is 2. The SMILES string of the molecule is CC(O)Cc1ccc(F)nc1F. The van der Waals surface area contributed by atoms with Crippen LogP contribution >= 0.6 is 0 Å². The summed E-state index contributed by atoms with van der Waals surface area (Å²) in [6.45, 7) is 1.53. The van der Waals surface area contributed by atoms with Crippen molar-refractivity contribution in [1.82, 2.24) is 4.98 Å². The van der Waals surface area contributed by atoms with E-state index in [2.05, 4.69) is 4.98 Å². The molecule has 4 heteroatoms. The summed E-state index contributed by atoms with van der Waals surface area (Å²) in [6.07, 6.45) is -0.495. The van der Waals surface area contributed by atoms with Gasteiger partial charge in [0, 0.05) is 12.0 Å². The van der Waals surface area contributed by atoms with Crippen LogP contribution in [0.15, 0.2) is 12.1 Å². The molecule has 0 saturated heterocycles. The smallest absolute Gasteiger partial charge is 0.218 e. The molecule has 1 rings (SSSR count). The fourth-order valence-electron chi connectivity index (χ4n) is 0.911. The zero-order valence-electron chi connectivity index (χ0n) is 6.59. The van der Waals surface area contributed by atoms with Gasteiger partial charge < -0.3 is 5.11 Å². The average Bonchev–Trinajstić information content (AvgIpc) is 1.94. The maximum Gasteiger partial charge on any atom is 0.218 e. The van der Waals surface area contributed by atoms with E-state index < -0.39 is 18.0 Å². The van der Waals surface area contributed by atoms with Crippen LogP contribution in [0.1, 0.15) is 12.5 Å². The minimum atomic E-state index is -0.851. The molecular weight excluding hydrogens is 164 g/mol. The Morgan fingerprint density at radius 3 is 2.67 bits per heavy atom. The molecule has 0 radical (unpaired) electrons. The van der Waals surface area contributed by atoms with Crippen LogP contribution in [0.4, 0.5) is 8.78 Å². The van der Waals surface area contributed by atoms with Crippen LogP contribution in [0.3, 0.4) is 0 Å². The van der Waals surface area contributed by atoms with Crippen LogP contribution in [-0.4, -0.2) is 16.2 Å². The predicted molar refractivity (Wildman–Crippen MR) is 39.5 cm³/mol. The molecule has 2 nitrogen and oxygen atoms in total. The van der Waals surface area contributed by atoms with E-state index in [-0.39, 0.29) is 12.0 Å². The molecule has 1 unspecified atom stereocenters. The molecule has 0 aromatic carbocycles. The van der Waals surface area contributed by atoms with Gasteiger partial charge >= 0.3 is 0 Å². The predicted octanol–water partition coefficient (Wildman–Crippen LogP) is 1.28. The van der Waals surface area contributed by atoms with Crippen molar-refractivity contribution < 1.29 is 13.9 Å². The Labute approximate surface area is 68.9 Å². The van der Waals surface area contributed by atoms with Crippen molar-refractivity contribution in [1.29, 1.82) is 0 Å². The lowest BCUT2D eigenvalue weighted by Gasteiger charge is -2.03. The highest BCUT2D eigenvalue weighted by molar-refractivity contribution is 5.12. The standard InChI is InChI=1S/C8H9F2NO/c1-5(12)4-6-2-3-7(9)11-8(6)10/h2-3,5,12H,4H2,1H3. The molecule has 1 aromatic rings. The van der Waals surface area contributed by atoms with Gasteiger partial charge in [-0.3, -0.25) is 0 Å². The summed E-state index contributed by atoms with van der Waals surface area (Å²) >= 11 is 0.